The zero-order chi connectivity index (χ0) is 21.3. The van der Waals surface area contributed by atoms with E-state index in [9.17, 15) is 0 Å². The van der Waals surface area contributed by atoms with Gasteiger partial charge in [0, 0.05) is 41.3 Å². The molecule has 2 heterocycles. The Morgan fingerprint density at radius 2 is 1.42 bits per heavy atom. The molecule has 0 N–H and O–H groups in total. The number of para-hydroxylation sites is 2. The Hall–Kier alpha value is -2.87. The molecule has 0 fully saturated rings. The minimum absolute atomic E-state index is 1.06. The number of anilines is 1. The van der Waals surface area contributed by atoms with Crippen molar-refractivity contribution in [1.82, 2.24) is 0 Å². The van der Waals surface area contributed by atoms with Crippen LogP contribution in [0.2, 0.25) is 0 Å². The lowest BCUT2D eigenvalue weighted by molar-refractivity contribution is 0.576. The van der Waals surface area contributed by atoms with Crippen LogP contribution in [0.3, 0.4) is 0 Å². The highest BCUT2D eigenvalue weighted by Gasteiger charge is 2.15. The molecule has 160 valence electrons. The van der Waals surface area contributed by atoms with Crippen LogP contribution in [-0.2, 0) is 0 Å². The molecule has 0 aliphatic carbocycles. The van der Waals surface area contributed by atoms with Crippen molar-refractivity contribution in [3.8, 4) is 0 Å². The van der Waals surface area contributed by atoms with Gasteiger partial charge < -0.3 is 4.90 Å². The molecule has 0 unspecified atom stereocenters. The van der Waals surface area contributed by atoms with E-state index < -0.39 is 0 Å². The van der Waals surface area contributed by atoms with Gasteiger partial charge in [-0.25, -0.2) is 0 Å². The van der Waals surface area contributed by atoms with Crippen LogP contribution in [0.5, 0.6) is 0 Å². The van der Waals surface area contributed by atoms with Crippen molar-refractivity contribution in [2.45, 2.75) is 58.3 Å². The Kier molecular flexibility index (Phi) is 7.55. The van der Waals surface area contributed by atoms with Gasteiger partial charge in [-0.15, -0.1) is 0 Å². The van der Waals surface area contributed by atoms with Crippen LogP contribution in [0, 0.1) is 0 Å². The maximum atomic E-state index is 4.52. The number of unbranched alkanes of at least 4 members (excludes halogenated alkanes) is 7. The minimum Gasteiger partial charge on any atom is -0.347 e. The van der Waals surface area contributed by atoms with Gasteiger partial charge in [-0.3, -0.25) is 4.99 Å². The number of aliphatic imine (C=N–C) groups is 1. The summed E-state index contributed by atoms with van der Waals surface area (Å²) in [6.45, 7) is 3.38. The normalized spacial score (nSPS) is 16.9. The summed E-state index contributed by atoms with van der Waals surface area (Å²) in [5, 5.41) is 0. The van der Waals surface area contributed by atoms with Gasteiger partial charge in [0.05, 0.1) is 5.69 Å². The van der Waals surface area contributed by atoms with Gasteiger partial charge in [0.15, 0.2) is 0 Å². The Morgan fingerprint density at radius 3 is 2.26 bits per heavy atom. The van der Waals surface area contributed by atoms with E-state index in [0.29, 0.717) is 0 Å². The topological polar surface area (TPSA) is 15.6 Å². The number of rotatable bonds is 10. The number of hydrogen-bond donors (Lipinski definition) is 0. The van der Waals surface area contributed by atoms with Gasteiger partial charge in [0.25, 0.3) is 0 Å². The standard InChI is InChI=1S/C29H34N2/c1-2-3-4-5-6-7-8-13-21-31-22-20-24(27-15-10-12-17-29(27)31)18-19-25-23-30-28-16-11-9-14-26(25)28/h9-12,14-20,22-23H,2-8,13,21H2,1H3/b24-18-,25-19+. The largest absolute Gasteiger partial charge is 0.347 e. The molecule has 0 spiro atoms. The van der Waals surface area contributed by atoms with E-state index in [4.69, 9.17) is 0 Å². The lowest BCUT2D eigenvalue weighted by atomic mass is 9.98. The summed E-state index contributed by atoms with van der Waals surface area (Å²) in [6, 6.07) is 17.1. The molecule has 0 radical (unpaired) electrons. The average molecular weight is 411 g/mol. The predicted molar refractivity (Wildman–Crippen MR) is 136 cm³/mol. The van der Waals surface area contributed by atoms with E-state index in [-0.39, 0.29) is 0 Å². The second-order valence-corrected chi connectivity index (χ2v) is 8.52. The molecule has 31 heavy (non-hydrogen) atoms. The summed E-state index contributed by atoms with van der Waals surface area (Å²) < 4.78 is 0. The zero-order valence-electron chi connectivity index (χ0n) is 18.8. The third-order valence-corrected chi connectivity index (χ3v) is 6.21. The Morgan fingerprint density at radius 1 is 0.742 bits per heavy atom. The summed E-state index contributed by atoms with van der Waals surface area (Å²) in [6.07, 6.45) is 21.8. The Balaban J connectivity index is 1.38. The molecule has 2 heteroatoms. The molecule has 0 aromatic heterocycles. The molecule has 0 atom stereocenters. The Labute approximate surface area is 187 Å². The van der Waals surface area contributed by atoms with Gasteiger partial charge in [0.1, 0.15) is 0 Å². The van der Waals surface area contributed by atoms with Crippen LogP contribution in [0.15, 0.2) is 78.0 Å². The van der Waals surface area contributed by atoms with Gasteiger partial charge in [0.2, 0.25) is 0 Å². The van der Waals surface area contributed by atoms with Gasteiger partial charge in [-0.1, -0.05) is 100 Å². The van der Waals surface area contributed by atoms with Crippen LogP contribution in [-0.4, -0.2) is 12.8 Å². The molecule has 4 rings (SSSR count). The summed E-state index contributed by atoms with van der Waals surface area (Å²) in [4.78, 5) is 6.94. The molecule has 0 saturated carbocycles. The van der Waals surface area contributed by atoms with Crippen LogP contribution >= 0.6 is 0 Å². The van der Waals surface area contributed by atoms with E-state index in [1.165, 1.54) is 79.3 Å². The molecule has 2 aromatic carbocycles. The molecule has 0 saturated heterocycles. The first-order chi connectivity index (χ1) is 15.4. The van der Waals surface area contributed by atoms with Crippen LogP contribution < -0.4 is 4.90 Å². The molecular weight excluding hydrogens is 376 g/mol. The van der Waals surface area contributed by atoms with Crippen LogP contribution in [0.1, 0.15) is 69.4 Å². The smallest absolute Gasteiger partial charge is 0.0708 e. The molecule has 2 aliphatic heterocycles. The van der Waals surface area contributed by atoms with E-state index in [1.54, 1.807) is 0 Å². The third kappa shape index (κ3) is 5.44. The fraction of sp³-hybridized carbons (Fsp3) is 0.345. The van der Waals surface area contributed by atoms with Crippen LogP contribution in [0.25, 0.3) is 11.1 Å². The average Bonchev–Trinajstić information content (AvgIpc) is 3.23. The van der Waals surface area contributed by atoms with E-state index in [0.717, 1.165) is 12.2 Å². The van der Waals surface area contributed by atoms with Gasteiger partial charge in [-0.05, 0) is 30.2 Å². The second kappa shape index (κ2) is 10.9. The van der Waals surface area contributed by atoms with E-state index in [2.05, 4.69) is 83.7 Å². The maximum Gasteiger partial charge on any atom is 0.0708 e. The number of nitrogens with zero attached hydrogens (tertiary/aromatic N) is 2. The summed E-state index contributed by atoms with van der Waals surface area (Å²) in [5.74, 6) is 0. The molecule has 2 aliphatic rings. The Bertz CT molecular complexity index is 993. The molecule has 0 amide bonds. The second-order valence-electron chi connectivity index (χ2n) is 8.52. The molecular formula is C29H34N2. The maximum absolute atomic E-state index is 4.52. The van der Waals surface area contributed by atoms with Crippen molar-refractivity contribution in [2.75, 3.05) is 11.4 Å². The van der Waals surface area contributed by atoms with Crippen molar-refractivity contribution in [3.05, 3.63) is 84.1 Å². The highest BCUT2D eigenvalue weighted by atomic mass is 15.1. The first-order valence-corrected chi connectivity index (χ1v) is 12.0. The minimum atomic E-state index is 1.06. The van der Waals surface area contributed by atoms with E-state index >= 15 is 0 Å². The van der Waals surface area contributed by atoms with Crippen molar-refractivity contribution in [1.29, 1.82) is 0 Å². The highest BCUT2D eigenvalue weighted by Crippen LogP contribution is 2.35. The van der Waals surface area contributed by atoms with E-state index in [1.807, 2.05) is 12.3 Å². The number of fused-ring (bicyclic) bond motifs is 2. The van der Waals surface area contributed by atoms with Crippen molar-refractivity contribution in [3.63, 3.8) is 0 Å². The van der Waals surface area contributed by atoms with Gasteiger partial charge >= 0.3 is 0 Å². The highest BCUT2D eigenvalue weighted by molar-refractivity contribution is 6.17. The summed E-state index contributed by atoms with van der Waals surface area (Å²) in [5.41, 5.74) is 7.33. The SMILES string of the molecule is CCCCCCCCCCN1C=C/C(=C/C=C2\C=Nc3ccccc32)c2ccccc21. The zero-order valence-corrected chi connectivity index (χ0v) is 18.8. The first kappa shape index (κ1) is 21.4. The fourth-order valence-corrected chi connectivity index (χ4v) is 4.42. The monoisotopic (exact) mass is 410 g/mol. The number of benzene rings is 2. The number of allylic oxidation sites excluding steroid dienone is 5. The van der Waals surface area contributed by atoms with Crippen molar-refractivity contribution >= 4 is 28.7 Å². The van der Waals surface area contributed by atoms with Crippen molar-refractivity contribution in [2.24, 2.45) is 4.99 Å². The summed E-state index contributed by atoms with van der Waals surface area (Å²) >= 11 is 0. The molecule has 2 nitrogen and oxygen atoms in total. The first-order valence-electron chi connectivity index (χ1n) is 12.0. The molecule has 2 aromatic rings. The van der Waals surface area contributed by atoms with Crippen molar-refractivity contribution < 1.29 is 0 Å². The van der Waals surface area contributed by atoms with Crippen LogP contribution in [0.4, 0.5) is 11.4 Å². The lowest BCUT2D eigenvalue weighted by Crippen LogP contribution is -2.21. The predicted octanol–water partition coefficient (Wildman–Crippen LogP) is 8.34. The quantitative estimate of drug-likeness (QED) is 0.359. The van der Waals surface area contributed by atoms with Gasteiger partial charge in [-0.2, -0.15) is 0 Å². The summed E-state index contributed by atoms with van der Waals surface area (Å²) in [7, 11) is 0. The number of hydrogen-bond acceptors (Lipinski definition) is 2. The molecule has 0 bridgehead atoms. The third-order valence-electron chi connectivity index (χ3n) is 6.21. The fourth-order valence-electron chi connectivity index (χ4n) is 4.42. The lowest BCUT2D eigenvalue weighted by Gasteiger charge is -2.27.